The molecule has 39 heteroatoms. The number of benzene rings is 2. The smallest absolute Gasteiger partial charge is 0.303 e. The van der Waals surface area contributed by atoms with Crippen molar-refractivity contribution in [2.45, 2.75) is 229 Å². The van der Waals surface area contributed by atoms with Gasteiger partial charge in [0.15, 0.2) is 0 Å². The van der Waals surface area contributed by atoms with Gasteiger partial charge in [-0.25, -0.2) is 0 Å². The summed E-state index contributed by atoms with van der Waals surface area (Å²) in [7, 11) is 0. The molecule has 39 nitrogen and oxygen atoms in total. The summed E-state index contributed by atoms with van der Waals surface area (Å²) in [6.07, 6.45) is -0.448. The average Bonchev–Trinajstić information content (AvgIpc) is 1.66. The highest BCUT2D eigenvalue weighted by Gasteiger charge is 2.46. The van der Waals surface area contributed by atoms with Crippen LogP contribution >= 0.6 is 0 Å². The van der Waals surface area contributed by atoms with Gasteiger partial charge in [0.1, 0.15) is 84.3 Å². The van der Waals surface area contributed by atoms with E-state index in [2.05, 4.69) is 68.8 Å². The number of phenols is 1. The molecule has 14 atom stereocenters. The molecular formula is C76H113N19O20. The number of aliphatic hydroxyl groups is 1. The number of hydrogen-bond donors (Lipinski definition) is 20. The van der Waals surface area contributed by atoms with Crippen LogP contribution in [0.3, 0.4) is 0 Å². The molecule has 115 heavy (non-hydrogen) atoms. The first-order valence-electron chi connectivity index (χ1n) is 38.9. The van der Waals surface area contributed by atoms with Gasteiger partial charge in [-0.2, -0.15) is 0 Å². The summed E-state index contributed by atoms with van der Waals surface area (Å²) in [6.45, 7) is 7.93. The normalized spacial score (nSPS) is 25.5. The van der Waals surface area contributed by atoms with Gasteiger partial charge in [-0.05, 0) is 131 Å². The number of amides is 16. The number of aromatic nitrogens is 1. The van der Waals surface area contributed by atoms with Gasteiger partial charge < -0.3 is 117 Å². The van der Waals surface area contributed by atoms with E-state index in [0.717, 1.165) is 0 Å². The predicted octanol–water partition coefficient (Wildman–Crippen LogP) is -4.67. The Bertz CT molecular complexity index is 3970. The molecule has 632 valence electrons. The summed E-state index contributed by atoms with van der Waals surface area (Å²) in [6, 6.07) is -8.27. The Balaban J connectivity index is 1.41. The number of carboxylic acids is 1. The molecule has 3 aliphatic rings. The van der Waals surface area contributed by atoms with Crippen molar-refractivity contribution >= 4 is 111 Å². The van der Waals surface area contributed by atoms with Gasteiger partial charge in [-0.3, -0.25) is 81.5 Å². The zero-order chi connectivity index (χ0) is 84.9. The quantitative estimate of drug-likeness (QED) is 0.0375. The van der Waals surface area contributed by atoms with Crippen molar-refractivity contribution in [2.24, 2.45) is 40.7 Å². The van der Waals surface area contributed by atoms with Gasteiger partial charge in [-0.1, -0.05) is 78.3 Å². The van der Waals surface area contributed by atoms with E-state index >= 15 is 14.4 Å². The van der Waals surface area contributed by atoms with Crippen LogP contribution in [0.1, 0.15) is 149 Å². The number of aliphatic carboxylic acids is 1. The van der Waals surface area contributed by atoms with Crippen molar-refractivity contribution in [1.29, 1.82) is 0 Å². The molecule has 24 N–H and O–H groups in total. The number of primary amides is 2. The van der Waals surface area contributed by atoms with E-state index in [1.54, 1.807) is 58.2 Å². The fraction of sp³-hybridized carbons (Fsp3) is 0.592. The monoisotopic (exact) mass is 1610 g/mol. The molecule has 2 aromatic carbocycles. The number of carbonyl (C=O) groups is 17. The molecule has 16 amide bonds. The molecule has 0 spiro atoms. The SMILES string of the molecule is CC[C@H](C)[C@@H]1NC(=O)[C@H](Cc2c[nH]c3ccccc23)NC(=O)[C@H](CCC(=O)O)NC(=O)[C@H](CO)NC(=O)[C@H](CC(N)=O)NC(=O)[C@H](CCCCN)NC(=O)[C@H](C(C)C)NC(=O)CNC(=O)[C@H](Cc2ccc(O)cc2)NC(=O)[C@H](CC(N)=O)NC(=O)[C@H](CCCCN)NC(=O)[C@H](C(C)C)NC(=O)[C@@H]2CCCN2C(=O)[C@H]2CCCN2C1=O. The van der Waals surface area contributed by atoms with Crippen LogP contribution in [0.4, 0.5) is 0 Å². The number of nitrogens with zero attached hydrogens (tertiary/aromatic N) is 2. The van der Waals surface area contributed by atoms with Crippen LogP contribution in [0.5, 0.6) is 5.75 Å². The molecule has 4 heterocycles. The van der Waals surface area contributed by atoms with Gasteiger partial charge in [-0.15, -0.1) is 0 Å². The zero-order valence-corrected chi connectivity index (χ0v) is 65.7. The van der Waals surface area contributed by atoms with Crippen LogP contribution in [-0.2, 0) is 94.3 Å². The summed E-state index contributed by atoms with van der Waals surface area (Å²) < 4.78 is 0. The second-order valence-corrected chi connectivity index (χ2v) is 29.9. The van der Waals surface area contributed by atoms with Gasteiger partial charge in [0.25, 0.3) is 0 Å². The lowest BCUT2D eigenvalue weighted by atomic mass is 9.96. The summed E-state index contributed by atoms with van der Waals surface area (Å²) in [4.78, 5) is 247. The summed E-state index contributed by atoms with van der Waals surface area (Å²) in [5.41, 5.74) is 24.3. The molecule has 0 saturated carbocycles. The summed E-state index contributed by atoms with van der Waals surface area (Å²) in [5, 5.41) is 61.4. The summed E-state index contributed by atoms with van der Waals surface area (Å²) in [5.74, 6) is -20.0. The van der Waals surface area contributed by atoms with Crippen LogP contribution in [0, 0.1) is 17.8 Å². The first-order valence-corrected chi connectivity index (χ1v) is 38.9. The number of nitrogens with two attached hydrogens (primary N) is 4. The lowest BCUT2D eigenvalue weighted by Gasteiger charge is -2.35. The highest BCUT2D eigenvalue weighted by Crippen LogP contribution is 2.28. The maximum absolute atomic E-state index is 15.2. The van der Waals surface area contributed by atoms with Crippen LogP contribution in [0.25, 0.3) is 10.9 Å². The third-order valence-electron chi connectivity index (χ3n) is 20.4. The molecule has 0 radical (unpaired) electrons. The van der Waals surface area contributed by atoms with Crippen molar-refractivity contribution in [2.75, 3.05) is 39.3 Å². The van der Waals surface area contributed by atoms with Crippen molar-refractivity contribution in [3.8, 4) is 5.75 Å². The topological polar surface area (TPSA) is 622 Å². The molecule has 0 unspecified atom stereocenters. The van der Waals surface area contributed by atoms with E-state index in [1.165, 1.54) is 47.9 Å². The number of aliphatic hydroxyl groups excluding tert-OH is 1. The molecule has 3 aromatic rings. The maximum Gasteiger partial charge on any atom is 0.303 e. The molecule has 0 aliphatic carbocycles. The maximum atomic E-state index is 15.2. The van der Waals surface area contributed by atoms with Crippen LogP contribution in [-0.4, -0.2) is 248 Å². The Morgan fingerprint density at radius 1 is 0.487 bits per heavy atom. The number of aromatic hydroxyl groups is 1. The molecule has 0 bridgehead atoms. The van der Waals surface area contributed by atoms with E-state index in [-0.39, 0.29) is 89.7 Å². The lowest BCUT2D eigenvalue weighted by Crippen LogP contribution is -2.62. The number of carboxylic acid groups (broad SMARTS) is 1. The highest BCUT2D eigenvalue weighted by atomic mass is 16.4. The van der Waals surface area contributed by atoms with Crippen molar-refractivity contribution in [3.05, 3.63) is 65.9 Å². The number of hydrogen-bond acceptors (Lipinski definition) is 21. The molecule has 3 fully saturated rings. The number of carbonyl (C=O) groups excluding carboxylic acids is 16. The van der Waals surface area contributed by atoms with Crippen LogP contribution in [0.15, 0.2) is 54.7 Å². The summed E-state index contributed by atoms with van der Waals surface area (Å²) >= 11 is 0. The largest absolute Gasteiger partial charge is 0.508 e. The molecule has 6 rings (SSSR count). The Morgan fingerprint density at radius 3 is 1.44 bits per heavy atom. The molecule has 1 aromatic heterocycles. The predicted molar refractivity (Wildman–Crippen MR) is 414 cm³/mol. The molecule has 3 aliphatic heterocycles. The first-order chi connectivity index (χ1) is 54.6. The van der Waals surface area contributed by atoms with Crippen LogP contribution < -0.4 is 86.7 Å². The van der Waals surface area contributed by atoms with Crippen molar-refractivity contribution in [1.82, 2.24) is 78.6 Å². The third-order valence-corrected chi connectivity index (χ3v) is 20.4. The van der Waals surface area contributed by atoms with Gasteiger partial charge >= 0.3 is 5.97 Å². The molecular weight excluding hydrogens is 1500 g/mol. The van der Waals surface area contributed by atoms with E-state index in [1.807, 2.05) is 0 Å². The van der Waals surface area contributed by atoms with E-state index in [9.17, 15) is 82.4 Å². The number of rotatable bonds is 24. The highest BCUT2D eigenvalue weighted by molar-refractivity contribution is 6.02. The number of unbranched alkanes of at least 4 members (excludes halogenated alkanes) is 2. The Kier molecular flexibility index (Phi) is 36.1. The fourth-order valence-electron chi connectivity index (χ4n) is 13.8. The Labute approximate surface area is 665 Å². The van der Waals surface area contributed by atoms with E-state index in [0.29, 0.717) is 47.7 Å². The number of phenolic OH excluding ortho intramolecular Hbond substituents is 1. The standard InChI is InChI=1S/C76H113N19O20/c1-7-41(6)63-76(115)95-31-15-21-56(95)75(114)94-30-14-20-55(94)72(111)92-62(40(4)5)74(113)85-48(19-11-13-29-78)66(105)88-52(34-57(79)98)68(107)86-50(32-42-22-24-44(97)25-23-42)64(103)82-37-59(100)91-61(39(2)3)73(112)84-47(18-10-12-28-77)65(104)89-53(35-58(80)99)69(108)90-54(38-96)71(110)83-49(26-27-60(101)102)67(106)87-51(70(109)93-63)33-43-36-81-46-17-9-8-16-45(43)46/h8-9,16-17,22-25,36,39-41,47-56,61-63,81,96-97H,7,10-15,18-21,26-35,37-38,77-78H2,1-6H3,(H2,79,98)(H2,80,99)(H,82,103)(H,83,110)(H,84,112)(H,85,113)(H,86,107)(H,87,106)(H,88,105)(H,89,104)(H,90,108)(H,91,100)(H,92,111)(H,93,109)(H,101,102)/t41-,47-,48-,49-,50-,51-,52-,53-,54-,55-,56+,61-,62-,63-/m0/s1. The molecule has 3 saturated heterocycles. The third kappa shape index (κ3) is 27.4. The number of nitrogens with one attached hydrogen (secondary N) is 13. The second-order valence-electron chi connectivity index (χ2n) is 29.9. The Hall–Kier alpha value is -11.3. The van der Waals surface area contributed by atoms with Gasteiger partial charge in [0.2, 0.25) is 94.5 Å². The zero-order valence-electron chi connectivity index (χ0n) is 65.7. The number of fused-ring (bicyclic) bond motifs is 3. The van der Waals surface area contributed by atoms with E-state index < -0.39 is 236 Å². The number of H-pyrrole nitrogens is 1. The van der Waals surface area contributed by atoms with E-state index in [4.69, 9.17) is 22.9 Å². The van der Waals surface area contributed by atoms with Crippen molar-refractivity contribution < 1.29 is 96.8 Å². The number of aromatic amines is 1. The fourth-order valence-corrected chi connectivity index (χ4v) is 13.8. The average molecular weight is 1610 g/mol. The number of para-hydroxylation sites is 1. The van der Waals surface area contributed by atoms with Crippen molar-refractivity contribution in [3.63, 3.8) is 0 Å². The minimum atomic E-state index is -2.03. The first kappa shape index (κ1) is 92.5. The van der Waals surface area contributed by atoms with Crippen LogP contribution in [0.2, 0.25) is 0 Å². The van der Waals surface area contributed by atoms with Gasteiger partial charge in [0.05, 0.1) is 26.0 Å². The Morgan fingerprint density at radius 2 is 0.930 bits per heavy atom. The second kappa shape index (κ2) is 44.9. The minimum Gasteiger partial charge on any atom is -0.508 e. The minimum absolute atomic E-state index is 0.0249. The van der Waals surface area contributed by atoms with Gasteiger partial charge in [0, 0.05) is 49.5 Å². The lowest BCUT2D eigenvalue weighted by molar-refractivity contribution is -0.149.